The van der Waals surface area contributed by atoms with E-state index < -0.39 is 34.2 Å². The summed E-state index contributed by atoms with van der Waals surface area (Å²) in [7, 11) is 0. The number of hydrogen-bond acceptors (Lipinski definition) is 1. The molecule has 112 valence electrons. The molecule has 0 fully saturated rings. The van der Waals surface area contributed by atoms with E-state index in [2.05, 4.69) is 4.98 Å². The van der Waals surface area contributed by atoms with E-state index in [0.717, 1.165) is 24.4 Å². The van der Waals surface area contributed by atoms with E-state index in [9.17, 15) is 26.3 Å². The van der Waals surface area contributed by atoms with Gasteiger partial charge in [-0.05, 0) is 23.8 Å². The number of aromatic nitrogens is 1. The van der Waals surface area contributed by atoms with E-state index in [4.69, 9.17) is 11.6 Å². The Morgan fingerprint density at radius 1 is 0.810 bits per heavy atom. The van der Waals surface area contributed by atoms with Crippen LogP contribution in [0.3, 0.4) is 0 Å². The van der Waals surface area contributed by atoms with Crippen LogP contribution in [-0.4, -0.2) is 4.98 Å². The van der Waals surface area contributed by atoms with Crippen molar-refractivity contribution in [2.45, 2.75) is 12.4 Å². The highest BCUT2D eigenvalue weighted by molar-refractivity contribution is 6.32. The second kappa shape index (κ2) is 5.22. The van der Waals surface area contributed by atoms with Crippen molar-refractivity contribution in [1.29, 1.82) is 0 Å². The third-order valence-electron chi connectivity index (χ3n) is 2.71. The third kappa shape index (κ3) is 3.29. The van der Waals surface area contributed by atoms with Crippen molar-refractivity contribution in [3.8, 4) is 11.1 Å². The summed E-state index contributed by atoms with van der Waals surface area (Å²) in [5.41, 5.74) is -2.55. The van der Waals surface area contributed by atoms with Crippen molar-refractivity contribution in [2.75, 3.05) is 0 Å². The van der Waals surface area contributed by atoms with E-state index in [1.807, 2.05) is 0 Å². The summed E-state index contributed by atoms with van der Waals surface area (Å²) in [6.07, 6.45) is -8.37. The molecule has 0 aliphatic carbocycles. The molecule has 0 aliphatic rings. The Bertz CT molecular complexity index is 645. The molecule has 1 aromatic heterocycles. The molecule has 0 radical (unpaired) electrons. The van der Waals surface area contributed by atoms with Gasteiger partial charge in [0.2, 0.25) is 0 Å². The van der Waals surface area contributed by atoms with Gasteiger partial charge in [0.25, 0.3) is 0 Å². The van der Waals surface area contributed by atoms with Crippen molar-refractivity contribution in [3.63, 3.8) is 0 Å². The molecule has 0 unspecified atom stereocenters. The van der Waals surface area contributed by atoms with E-state index in [0.29, 0.717) is 12.1 Å². The lowest BCUT2D eigenvalue weighted by molar-refractivity contribution is -0.138. The topological polar surface area (TPSA) is 12.9 Å². The van der Waals surface area contributed by atoms with Crippen LogP contribution in [0.15, 0.2) is 36.5 Å². The third-order valence-corrected chi connectivity index (χ3v) is 3.00. The largest absolute Gasteiger partial charge is 0.417 e. The fraction of sp³-hybridized carbons (Fsp3) is 0.154. The van der Waals surface area contributed by atoms with Crippen LogP contribution in [-0.2, 0) is 12.4 Å². The summed E-state index contributed by atoms with van der Waals surface area (Å²) in [6.45, 7) is 0. The second-order valence-electron chi connectivity index (χ2n) is 4.10. The molecule has 2 aromatic rings. The fourth-order valence-corrected chi connectivity index (χ4v) is 2.04. The van der Waals surface area contributed by atoms with Crippen molar-refractivity contribution in [3.05, 3.63) is 52.8 Å². The maximum atomic E-state index is 12.9. The fourth-order valence-electron chi connectivity index (χ4n) is 1.77. The van der Waals surface area contributed by atoms with Crippen LogP contribution in [0.25, 0.3) is 11.1 Å². The molecule has 0 amide bonds. The highest BCUT2D eigenvalue weighted by Gasteiger charge is 2.35. The quantitative estimate of drug-likeness (QED) is 0.502. The Hall–Kier alpha value is -1.76. The Labute approximate surface area is 120 Å². The summed E-state index contributed by atoms with van der Waals surface area (Å²) >= 11 is 5.67. The Morgan fingerprint density at radius 2 is 1.38 bits per heavy atom. The Balaban J connectivity index is 2.57. The van der Waals surface area contributed by atoms with Crippen LogP contribution in [0.2, 0.25) is 5.15 Å². The van der Waals surface area contributed by atoms with Crippen LogP contribution in [0.1, 0.15) is 11.1 Å². The van der Waals surface area contributed by atoms with Crippen molar-refractivity contribution >= 4 is 11.6 Å². The molecule has 0 N–H and O–H groups in total. The van der Waals surface area contributed by atoms with Gasteiger partial charge in [0.15, 0.2) is 0 Å². The number of alkyl halides is 6. The molecular weight excluding hydrogens is 320 g/mol. The predicted molar refractivity (Wildman–Crippen MR) is 64.7 cm³/mol. The van der Waals surface area contributed by atoms with Crippen molar-refractivity contribution in [1.82, 2.24) is 4.98 Å². The van der Waals surface area contributed by atoms with Gasteiger partial charge in [0.05, 0.1) is 11.1 Å². The van der Waals surface area contributed by atoms with Gasteiger partial charge in [-0.2, -0.15) is 26.3 Å². The molecule has 8 heteroatoms. The molecule has 1 heterocycles. The maximum absolute atomic E-state index is 12.9. The first kappa shape index (κ1) is 15.6. The summed E-state index contributed by atoms with van der Waals surface area (Å²) < 4.78 is 76.1. The van der Waals surface area contributed by atoms with E-state index in [1.54, 1.807) is 0 Å². The first-order valence-corrected chi connectivity index (χ1v) is 5.88. The molecule has 0 aliphatic heterocycles. The number of nitrogens with zero attached hydrogens (tertiary/aromatic N) is 1. The van der Waals surface area contributed by atoms with E-state index in [-0.39, 0.29) is 5.56 Å². The SMILES string of the molecule is FC(F)(F)c1ccc(-c2c(C(F)(F)F)ccnc2Cl)cc1. The minimum Gasteiger partial charge on any atom is -0.244 e. The molecule has 0 atom stereocenters. The molecule has 21 heavy (non-hydrogen) atoms. The molecule has 1 nitrogen and oxygen atoms in total. The zero-order valence-corrected chi connectivity index (χ0v) is 10.8. The average Bonchev–Trinajstić information content (AvgIpc) is 2.36. The number of benzene rings is 1. The lowest BCUT2D eigenvalue weighted by atomic mass is 10.0. The van der Waals surface area contributed by atoms with Crippen LogP contribution in [0.4, 0.5) is 26.3 Å². The van der Waals surface area contributed by atoms with Crippen LogP contribution in [0, 0.1) is 0 Å². The standard InChI is InChI=1S/C13H6ClF6N/c14-11-10(9(5-6-21-11)13(18,19)20)7-1-3-8(4-2-7)12(15,16)17/h1-6H. The predicted octanol–water partition coefficient (Wildman–Crippen LogP) is 5.44. The van der Waals surface area contributed by atoms with Gasteiger partial charge >= 0.3 is 12.4 Å². The lowest BCUT2D eigenvalue weighted by Gasteiger charge is -2.14. The molecule has 0 saturated heterocycles. The highest BCUT2D eigenvalue weighted by Crippen LogP contribution is 2.40. The summed E-state index contributed by atoms with van der Waals surface area (Å²) in [4.78, 5) is 3.54. The van der Waals surface area contributed by atoms with Gasteiger partial charge in [-0.3, -0.25) is 0 Å². The second-order valence-corrected chi connectivity index (χ2v) is 4.46. The molecule has 1 aromatic carbocycles. The van der Waals surface area contributed by atoms with Crippen LogP contribution in [0.5, 0.6) is 0 Å². The van der Waals surface area contributed by atoms with Gasteiger partial charge in [-0.25, -0.2) is 4.98 Å². The van der Waals surface area contributed by atoms with Crippen LogP contribution >= 0.6 is 11.6 Å². The van der Waals surface area contributed by atoms with Crippen molar-refractivity contribution in [2.24, 2.45) is 0 Å². The zero-order chi connectivity index (χ0) is 15.8. The highest BCUT2D eigenvalue weighted by atomic mass is 35.5. The molecule has 0 bridgehead atoms. The minimum atomic E-state index is -4.69. The Kier molecular flexibility index (Phi) is 3.88. The number of rotatable bonds is 1. The molecule has 0 saturated carbocycles. The maximum Gasteiger partial charge on any atom is 0.417 e. The zero-order valence-electron chi connectivity index (χ0n) is 10.1. The van der Waals surface area contributed by atoms with E-state index in [1.165, 1.54) is 0 Å². The molecule has 0 spiro atoms. The summed E-state index contributed by atoms with van der Waals surface area (Å²) in [6, 6.07) is 3.97. The normalized spacial score (nSPS) is 12.5. The molecular formula is C13H6ClF6N. The minimum absolute atomic E-state index is 0.0894. The Morgan fingerprint density at radius 3 is 1.86 bits per heavy atom. The van der Waals surface area contributed by atoms with Gasteiger partial charge in [-0.15, -0.1) is 0 Å². The van der Waals surface area contributed by atoms with Gasteiger partial charge in [0, 0.05) is 11.8 Å². The first-order valence-electron chi connectivity index (χ1n) is 5.50. The van der Waals surface area contributed by atoms with Crippen molar-refractivity contribution < 1.29 is 26.3 Å². The van der Waals surface area contributed by atoms with E-state index >= 15 is 0 Å². The number of halogens is 7. The summed E-state index contributed by atoms with van der Waals surface area (Å²) in [5.74, 6) is 0. The first-order chi connectivity index (χ1) is 9.60. The monoisotopic (exact) mass is 325 g/mol. The lowest BCUT2D eigenvalue weighted by Crippen LogP contribution is -2.08. The van der Waals surface area contributed by atoms with Gasteiger partial charge < -0.3 is 0 Å². The summed E-state index contributed by atoms with van der Waals surface area (Å²) in [5, 5.41) is -0.426. The number of pyridine rings is 1. The average molecular weight is 326 g/mol. The smallest absolute Gasteiger partial charge is 0.244 e. The van der Waals surface area contributed by atoms with Gasteiger partial charge in [-0.1, -0.05) is 23.7 Å². The molecule has 2 rings (SSSR count). The van der Waals surface area contributed by atoms with Crippen LogP contribution < -0.4 is 0 Å². The van der Waals surface area contributed by atoms with Gasteiger partial charge in [0.1, 0.15) is 5.15 Å². The number of hydrogen-bond donors (Lipinski definition) is 0.